The van der Waals surface area contributed by atoms with E-state index in [-0.39, 0.29) is 12.8 Å². The maximum absolute atomic E-state index is 11.1. The fourth-order valence-corrected chi connectivity index (χ4v) is 1.57. The van der Waals surface area contributed by atoms with E-state index in [0.717, 1.165) is 6.04 Å². The number of esters is 1. The predicted molar refractivity (Wildman–Crippen MR) is 62.5 cm³/mol. The molecule has 0 unspecified atom stereocenters. The number of rotatable bonds is 6. The summed E-state index contributed by atoms with van der Waals surface area (Å²) in [7, 11) is -1.19. The van der Waals surface area contributed by atoms with Gasteiger partial charge in [0.1, 0.15) is 0 Å². The van der Waals surface area contributed by atoms with E-state index in [2.05, 4.69) is 29.7 Å². The molecule has 1 amide bonds. The van der Waals surface area contributed by atoms with Crippen LogP contribution in [0.2, 0.25) is 25.7 Å². The molecule has 0 aliphatic rings. The van der Waals surface area contributed by atoms with Gasteiger partial charge >= 0.3 is 5.97 Å². The van der Waals surface area contributed by atoms with Gasteiger partial charge in [-0.05, 0) is 16.7 Å². The van der Waals surface area contributed by atoms with E-state index in [1.54, 1.807) is 0 Å². The molecule has 0 atom stereocenters. The summed E-state index contributed by atoms with van der Waals surface area (Å²) >= 11 is 0. The van der Waals surface area contributed by atoms with Gasteiger partial charge in [0, 0.05) is 19.4 Å². The minimum Gasteiger partial charge on any atom is -0.466 e. The van der Waals surface area contributed by atoms with Gasteiger partial charge in [0.05, 0.1) is 13.0 Å². The van der Waals surface area contributed by atoms with Crippen LogP contribution in [-0.4, -0.2) is 26.6 Å². The lowest BCUT2D eigenvalue weighted by atomic mass is 10.3. The molecule has 0 rings (SSSR count). The van der Waals surface area contributed by atoms with Crippen LogP contribution in [-0.2, 0) is 14.3 Å². The van der Waals surface area contributed by atoms with Crippen LogP contribution in [0.1, 0.15) is 12.8 Å². The van der Waals surface area contributed by atoms with Crippen LogP contribution >= 0.6 is 0 Å². The molecule has 0 aromatic heterocycles. The maximum atomic E-state index is 11.1. The molecule has 0 saturated carbocycles. The highest BCUT2D eigenvalue weighted by atomic mass is 28.3. The van der Waals surface area contributed by atoms with Crippen LogP contribution in [0.4, 0.5) is 0 Å². The zero-order valence-electron chi connectivity index (χ0n) is 9.89. The Balaban J connectivity index is 3.68. The molecule has 0 saturated heterocycles. The van der Waals surface area contributed by atoms with Gasteiger partial charge in [0.15, 0.2) is 0 Å². The zero-order valence-corrected chi connectivity index (χ0v) is 10.9. The summed E-state index contributed by atoms with van der Waals surface area (Å²) in [6.45, 7) is 6.97. The number of nitrogens with zero attached hydrogens (tertiary/aromatic N) is 3. The van der Waals surface area contributed by atoms with Crippen molar-refractivity contribution in [3.63, 3.8) is 0 Å². The van der Waals surface area contributed by atoms with E-state index in [1.807, 2.05) is 0 Å². The molecule has 0 aliphatic carbocycles. The van der Waals surface area contributed by atoms with Crippen LogP contribution in [0.5, 0.6) is 0 Å². The number of hydrogen-bond donors (Lipinski definition) is 0. The first-order chi connectivity index (χ1) is 7.35. The second-order valence-electron chi connectivity index (χ2n) is 4.61. The van der Waals surface area contributed by atoms with Gasteiger partial charge in [0.25, 0.3) is 0 Å². The van der Waals surface area contributed by atoms with Crippen LogP contribution in [0, 0.1) is 0 Å². The number of carbonyl (C=O) groups excluding carboxylic acids is 2. The summed E-state index contributed by atoms with van der Waals surface area (Å²) in [4.78, 5) is 24.2. The third-order valence-corrected chi connectivity index (χ3v) is 3.52. The minimum atomic E-state index is -1.19. The van der Waals surface area contributed by atoms with Gasteiger partial charge < -0.3 is 4.74 Å². The van der Waals surface area contributed by atoms with Crippen LogP contribution in [0.15, 0.2) is 5.11 Å². The van der Waals surface area contributed by atoms with Crippen LogP contribution in [0.25, 0.3) is 10.4 Å². The quantitative estimate of drug-likeness (QED) is 0.236. The molecule has 90 valence electrons. The Morgan fingerprint density at radius 3 is 2.44 bits per heavy atom. The molecule has 6 nitrogen and oxygen atoms in total. The number of carbonyl (C=O) groups is 2. The Bertz CT molecular complexity index is 306. The zero-order chi connectivity index (χ0) is 12.6. The second kappa shape index (κ2) is 7.03. The Morgan fingerprint density at radius 1 is 1.31 bits per heavy atom. The van der Waals surface area contributed by atoms with Gasteiger partial charge in [-0.2, -0.15) is 0 Å². The number of ether oxygens (including phenoxy) is 1. The van der Waals surface area contributed by atoms with Crippen molar-refractivity contribution in [1.29, 1.82) is 0 Å². The summed E-state index contributed by atoms with van der Waals surface area (Å²) in [5, 5.41) is 2.86. The lowest BCUT2D eigenvalue weighted by Crippen LogP contribution is -2.22. The van der Waals surface area contributed by atoms with Gasteiger partial charge in [0.2, 0.25) is 5.91 Å². The summed E-state index contributed by atoms with van der Waals surface area (Å²) in [6.07, 6.45) is -0.112. The van der Waals surface area contributed by atoms with Crippen molar-refractivity contribution >= 4 is 20.0 Å². The van der Waals surface area contributed by atoms with Gasteiger partial charge in [-0.25, -0.2) is 0 Å². The molecule has 0 fully saturated rings. The largest absolute Gasteiger partial charge is 0.466 e. The smallest absolute Gasteiger partial charge is 0.306 e. The monoisotopic (exact) mass is 243 g/mol. The number of azide groups is 1. The van der Waals surface area contributed by atoms with Crippen molar-refractivity contribution in [1.82, 2.24) is 0 Å². The van der Waals surface area contributed by atoms with Crippen molar-refractivity contribution in [3.8, 4) is 0 Å². The first kappa shape index (κ1) is 14.7. The third-order valence-electron chi connectivity index (χ3n) is 1.81. The highest BCUT2D eigenvalue weighted by Crippen LogP contribution is 2.08. The molecular formula is C9H17N3O3Si. The Kier molecular flexibility index (Phi) is 6.44. The van der Waals surface area contributed by atoms with Crippen molar-refractivity contribution in [2.24, 2.45) is 5.11 Å². The molecule has 0 spiro atoms. The summed E-state index contributed by atoms with van der Waals surface area (Å²) < 4.78 is 4.96. The summed E-state index contributed by atoms with van der Waals surface area (Å²) in [6, 6.07) is 0.906. The first-order valence-corrected chi connectivity index (χ1v) is 8.79. The average Bonchev–Trinajstić information content (AvgIpc) is 2.13. The van der Waals surface area contributed by atoms with Gasteiger partial charge in [-0.1, -0.05) is 19.6 Å². The fourth-order valence-electron chi connectivity index (χ4n) is 0.852. The highest BCUT2D eigenvalue weighted by molar-refractivity contribution is 6.76. The van der Waals surface area contributed by atoms with Crippen molar-refractivity contribution in [2.45, 2.75) is 38.5 Å². The first-order valence-electron chi connectivity index (χ1n) is 5.09. The number of hydrogen-bond acceptors (Lipinski definition) is 3. The van der Waals surface area contributed by atoms with Gasteiger partial charge in [-0.15, -0.1) is 0 Å². The van der Waals surface area contributed by atoms with E-state index in [0.29, 0.717) is 6.61 Å². The molecule has 0 N–H and O–H groups in total. The van der Waals surface area contributed by atoms with Crippen molar-refractivity contribution in [3.05, 3.63) is 10.4 Å². The summed E-state index contributed by atoms with van der Waals surface area (Å²) in [5.74, 6) is -1.05. The Labute approximate surface area is 95.6 Å². The molecule has 0 radical (unpaired) electrons. The van der Waals surface area contributed by atoms with Crippen molar-refractivity contribution in [2.75, 3.05) is 6.61 Å². The normalized spacial score (nSPS) is 10.4. The standard InChI is InChI=1S/C9H17N3O3Si/c1-16(2,3)7-6-15-9(14)5-4-8(13)11-12-10/h4-7H2,1-3H3. The highest BCUT2D eigenvalue weighted by Gasteiger charge is 2.14. The van der Waals surface area contributed by atoms with E-state index in [4.69, 9.17) is 10.3 Å². The Morgan fingerprint density at radius 2 is 1.94 bits per heavy atom. The Hall–Kier alpha value is -1.33. The summed E-state index contributed by atoms with van der Waals surface area (Å²) in [5.41, 5.74) is 7.96. The van der Waals surface area contributed by atoms with Crippen molar-refractivity contribution < 1.29 is 14.3 Å². The molecule has 0 bridgehead atoms. The van der Waals surface area contributed by atoms with Gasteiger partial charge in [-0.3, -0.25) is 9.59 Å². The van der Waals surface area contributed by atoms with Crippen LogP contribution < -0.4 is 0 Å². The molecule has 0 heterocycles. The molecule has 0 aromatic rings. The number of amides is 1. The van der Waals surface area contributed by atoms with E-state index in [1.165, 1.54) is 0 Å². The third kappa shape index (κ3) is 9.23. The lowest BCUT2D eigenvalue weighted by Gasteiger charge is -2.15. The second-order valence-corrected chi connectivity index (χ2v) is 10.2. The molecule has 0 aliphatic heterocycles. The predicted octanol–water partition coefficient (Wildman–Crippen LogP) is 2.48. The molecule has 7 heteroatoms. The topological polar surface area (TPSA) is 92.1 Å². The fraction of sp³-hybridized carbons (Fsp3) is 0.778. The minimum absolute atomic E-state index is 0.0243. The van der Waals surface area contributed by atoms with Crippen LogP contribution in [0.3, 0.4) is 0 Å². The van der Waals surface area contributed by atoms with E-state index < -0.39 is 20.0 Å². The molecular weight excluding hydrogens is 226 g/mol. The van der Waals surface area contributed by atoms with E-state index >= 15 is 0 Å². The maximum Gasteiger partial charge on any atom is 0.306 e. The average molecular weight is 243 g/mol. The van der Waals surface area contributed by atoms with E-state index in [9.17, 15) is 9.59 Å². The SMILES string of the molecule is C[Si](C)(C)CCOC(=O)CCC(=O)N=[N+]=[N-]. The molecule has 16 heavy (non-hydrogen) atoms. The lowest BCUT2D eigenvalue weighted by molar-refractivity contribution is -0.144. The molecule has 0 aromatic carbocycles.